The maximum absolute atomic E-state index is 12.4. The third-order valence-electron chi connectivity index (χ3n) is 4.85. The highest BCUT2D eigenvalue weighted by molar-refractivity contribution is 5.94. The van der Waals surface area contributed by atoms with Crippen LogP contribution in [0.5, 0.6) is 0 Å². The number of rotatable bonds is 6. The van der Waals surface area contributed by atoms with E-state index in [2.05, 4.69) is 20.0 Å². The van der Waals surface area contributed by atoms with Crippen LogP contribution in [0.15, 0.2) is 22.8 Å². The monoisotopic (exact) mass is 328 g/mol. The van der Waals surface area contributed by atoms with Crippen LogP contribution in [0.25, 0.3) is 0 Å². The Labute approximate surface area is 141 Å². The highest BCUT2D eigenvalue weighted by Gasteiger charge is 2.30. The van der Waals surface area contributed by atoms with Crippen LogP contribution in [0.2, 0.25) is 0 Å². The standard InChI is InChI=1S/C18H24N4O2/c1-2-19-18(23)17-15-12-21(11-14-4-3-9-24-14)8-7-16(15)22(20-17)10-13-5-6-13/h3-4,9,13H,2,5-8,10-12H2,1H3,(H,19,23). The second-order valence-electron chi connectivity index (χ2n) is 6.80. The molecule has 2 aromatic rings. The lowest BCUT2D eigenvalue weighted by molar-refractivity contribution is 0.0947. The lowest BCUT2D eigenvalue weighted by atomic mass is 10.0. The molecule has 4 rings (SSSR count). The van der Waals surface area contributed by atoms with Gasteiger partial charge in [-0.15, -0.1) is 0 Å². The van der Waals surface area contributed by atoms with Gasteiger partial charge in [-0.1, -0.05) is 0 Å². The molecule has 1 fully saturated rings. The predicted octanol–water partition coefficient (Wildman–Crippen LogP) is 2.19. The first kappa shape index (κ1) is 15.4. The van der Waals surface area contributed by atoms with Gasteiger partial charge in [-0.2, -0.15) is 5.10 Å². The van der Waals surface area contributed by atoms with E-state index in [0.29, 0.717) is 12.2 Å². The van der Waals surface area contributed by atoms with E-state index >= 15 is 0 Å². The first-order valence-electron chi connectivity index (χ1n) is 8.86. The maximum atomic E-state index is 12.4. The number of fused-ring (bicyclic) bond motifs is 1. The van der Waals surface area contributed by atoms with Crippen molar-refractivity contribution in [1.82, 2.24) is 20.0 Å². The Hall–Kier alpha value is -2.08. The van der Waals surface area contributed by atoms with Crippen molar-refractivity contribution in [3.63, 3.8) is 0 Å². The molecule has 24 heavy (non-hydrogen) atoms. The molecule has 128 valence electrons. The van der Waals surface area contributed by atoms with Gasteiger partial charge >= 0.3 is 0 Å². The van der Waals surface area contributed by atoms with E-state index in [9.17, 15) is 4.79 Å². The van der Waals surface area contributed by atoms with Crippen LogP contribution in [0.1, 0.15) is 47.3 Å². The van der Waals surface area contributed by atoms with Crippen molar-refractivity contribution in [2.24, 2.45) is 5.92 Å². The van der Waals surface area contributed by atoms with Crippen molar-refractivity contribution in [3.8, 4) is 0 Å². The fourth-order valence-electron chi connectivity index (χ4n) is 3.43. The smallest absolute Gasteiger partial charge is 0.272 e. The van der Waals surface area contributed by atoms with Crippen molar-refractivity contribution in [1.29, 1.82) is 0 Å². The van der Waals surface area contributed by atoms with Crippen LogP contribution >= 0.6 is 0 Å². The molecule has 0 radical (unpaired) electrons. The topological polar surface area (TPSA) is 63.3 Å². The van der Waals surface area contributed by atoms with Gasteiger partial charge < -0.3 is 9.73 Å². The molecule has 2 aromatic heterocycles. The zero-order valence-electron chi connectivity index (χ0n) is 14.1. The molecular formula is C18H24N4O2. The van der Waals surface area contributed by atoms with E-state index in [1.807, 2.05) is 19.1 Å². The average Bonchev–Trinajstić information content (AvgIpc) is 3.11. The Bertz CT molecular complexity index is 716. The summed E-state index contributed by atoms with van der Waals surface area (Å²) in [5.74, 6) is 1.66. The molecule has 1 amide bonds. The minimum Gasteiger partial charge on any atom is -0.468 e. The third-order valence-corrected chi connectivity index (χ3v) is 4.85. The number of aromatic nitrogens is 2. The molecule has 0 bridgehead atoms. The van der Waals surface area contributed by atoms with Crippen LogP contribution in [0.4, 0.5) is 0 Å². The largest absolute Gasteiger partial charge is 0.468 e. The van der Waals surface area contributed by atoms with Crippen molar-refractivity contribution >= 4 is 5.91 Å². The summed E-state index contributed by atoms with van der Waals surface area (Å²) in [4.78, 5) is 14.8. The molecule has 0 spiro atoms. The first-order chi connectivity index (χ1) is 11.7. The number of hydrogen-bond acceptors (Lipinski definition) is 4. The zero-order valence-corrected chi connectivity index (χ0v) is 14.1. The molecule has 0 unspecified atom stereocenters. The first-order valence-corrected chi connectivity index (χ1v) is 8.86. The molecule has 1 saturated carbocycles. The van der Waals surface area contributed by atoms with Crippen LogP contribution in [0.3, 0.4) is 0 Å². The number of amides is 1. The number of carbonyl (C=O) groups excluding carboxylic acids is 1. The van der Waals surface area contributed by atoms with E-state index in [4.69, 9.17) is 4.42 Å². The number of nitrogens with one attached hydrogen (secondary N) is 1. The van der Waals surface area contributed by atoms with Crippen LogP contribution < -0.4 is 5.32 Å². The molecule has 0 aromatic carbocycles. The van der Waals surface area contributed by atoms with Crippen molar-refractivity contribution < 1.29 is 9.21 Å². The summed E-state index contributed by atoms with van der Waals surface area (Å²) in [6.45, 7) is 6.02. The summed E-state index contributed by atoms with van der Waals surface area (Å²) in [7, 11) is 0. The van der Waals surface area contributed by atoms with E-state index in [1.54, 1.807) is 6.26 Å². The molecule has 2 aliphatic rings. The average molecular weight is 328 g/mol. The Balaban J connectivity index is 1.58. The minimum atomic E-state index is -0.0526. The van der Waals surface area contributed by atoms with Gasteiger partial charge in [-0.05, 0) is 37.8 Å². The second kappa shape index (κ2) is 6.43. The van der Waals surface area contributed by atoms with Crippen LogP contribution in [-0.4, -0.2) is 33.7 Å². The molecule has 1 N–H and O–H groups in total. The third kappa shape index (κ3) is 3.11. The quantitative estimate of drug-likeness (QED) is 0.883. The molecular weight excluding hydrogens is 304 g/mol. The number of furan rings is 1. The zero-order chi connectivity index (χ0) is 16.5. The Kier molecular flexibility index (Phi) is 4.14. The predicted molar refractivity (Wildman–Crippen MR) is 89.5 cm³/mol. The molecule has 6 nitrogen and oxygen atoms in total. The van der Waals surface area contributed by atoms with Gasteiger partial charge in [0, 0.05) is 43.9 Å². The number of carbonyl (C=O) groups is 1. The molecule has 1 aliphatic heterocycles. The van der Waals surface area contributed by atoms with Crippen LogP contribution in [0, 0.1) is 5.92 Å². The summed E-state index contributed by atoms with van der Waals surface area (Å²) >= 11 is 0. The van der Waals surface area contributed by atoms with Crippen molar-refractivity contribution in [2.75, 3.05) is 13.1 Å². The highest BCUT2D eigenvalue weighted by Crippen LogP contribution is 2.32. The van der Waals surface area contributed by atoms with Crippen molar-refractivity contribution in [2.45, 2.75) is 45.8 Å². The van der Waals surface area contributed by atoms with Gasteiger partial charge in [-0.25, -0.2) is 0 Å². The lowest BCUT2D eigenvalue weighted by Crippen LogP contribution is -2.32. The summed E-state index contributed by atoms with van der Waals surface area (Å²) in [5.41, 5.74) is 2.95. The molecule has 3 heterocycles. The van der Waals surface area contributed by atoms with E-state index in [0.717, 1.165) is 49.8 Å². The Morgan fingerprint density at radius 3 is 3.04 bits per heavy atom. The van der Waals surface area contributed by atoms with Gasteiger partial charge in [0.25, 0.3) is 5.91 Å². The van der Waals surface area contributed by atoms with Gasteiger partial charge in [-0.3, -0.25) is 14.4 Å². The summed E-state index contributed by atoms with van der Waals surface area (Å²) in [5, 5.41) is 7.58. The molecule has 1 aliphatic carbocycles. The van der Waals surface area contributed by atoms with E-state index in [-0.39, 0.29) is 5.91 Å². The fourth-order valence-corrected chi connectivity index (χ4v) is 3.43. The Morgan fingerprint density at radius 1 is 1.46 bits per heavy atom. The Morgan fingerprint density at radius 2 is 2.33 bits per heavy atom. The second-order valence-corrected chi connectivity index (χ2v) is 6.80. The number of hydrogen-bond donors (Lipinski definition) is 1. The van der Waals surface area contributed by atoms with E-state index < -0.39 is 0 Å². The minimum absolute atomic E-state index is 0.0526. The lowest BCUT2D eigenvalue weighted by Gasteiger charge is -2.26. The van der Waals surface area contributed by atoms with Crippen LogP contribution in [-0.2, 0) is 26.1 Å². The highest BCUT2D eigenvalue weighted by atomic mass is 16.3. The summed E-state index contributed by atoms with van der Waals surface area (Å²) in [6, 6.07) is 3.91. The number of nitrogens with zero attached hydrogens (tertiary/aromatic N) is 3. The summed E-state index contributed by atoms with van der Waals surface area (Å²) < 4.78 is 7.56. The van der Waals surface area contributed by atoms with Gasteiger partial charge in [0.2, 0.25) is 0 Å². The van der Waals surface area contributed by atoms with Gasteiger partial charge in [0.1, 0.15) is 5.76 Å². The van der Waals surface area contributed by atoms with Crippen molar-refractivity contribution in [3.05, 3.63) is 41.1 Å². The fraction of sp³-hybridized carbons (Fsp3) is 0.556. The van der Waals surface area contributed by atoms with E-state index in [1.165, 1.54) is 18.5 Å². The normalized spacial score (nSPS) is 17.7. The van der Waals surface area contributed by atoms with Gasteiger partial charge in [0.05, 0.1) is 12.8 Å². The van der Waals surface area contributed by atoms with Gasteiger partial charge in [0.15, 0.2) is 5.69 Å². The molecule has 0 atom stereocenters. The SMILES string of the molecule is CCNC(=O)c1nn(CC2CC2)c2c1CN(Cc1ccco1)CC2. The molecule has 0 saturated heterocycles. The summed E-state index contributed by atoms with van der Waals surface area (Å²) in [6.07, 6.45) is 5.22. The maximum Gasteiger partial charge on any atom is 0.272 e. The molecule has 6 heteroatoms.